The van der Waals surface area contributed by atoms with Gasteiger partial charge in [0.05, 0.1) is 6.54 Å². The molecule has 0 saturated heterocycles. The van der Waals surface area contributed by atoms with E-state index in [0.717, 1.165) is 5.56 Å². The first-order chi connectivity index (χ1) is 7.16. The van der Waals surface area contributed by atoms with E-state index in [2.05, 4.69) is 10.1 Å². The summed E-state index contributed by atoms with van der Waals surface area (Å²) in [5.74, 6) is 0. The van der Waals surface area contributed by atoms with Gasteiger partial charge in [-0.25, -0.2) is 14.5 Å². The molecule has 0 spiro atoms. The Labute approximate surface area is 90.9 Å². The SMILES string of the molecule is Cn1cnn(Cc2ccc(Cl)nc2)c1=O. The highest BCUT2D eigenvalue weighted by Crippen LogP contribution is 2.05. The van der Waals surface area contributed by atoms with Crippen LogP contribution in [-0.2, 0) is 13.6 Å². The molecule has 0 fully saturated rings. The Morgan fingerprint density at radius 2 is 2.27 bits per heavy atom. The van der Waals surface area contributed by atoms with Crippen molar-refractivity contribution >= 4 is 11.6 Å². The predicted octanol–water partition coefficient (Wildman–Crippen LogP) is 0.678. The molecule has 2 heterocycles. The van der Waals surface area contributed by atoms with Crippen LogP contribution in [0.25, 0.3) is 0 Å². The average molecular weight is 225 g/mol. The molecule has 0 unspecified atom stereocenters. The van der Waals surface area contributed by atoms with Crippen molar-refractivity contribution in [2.24, 2.45) is 7.05 Å². The summed E-state index contributed by atoms with van der Waals surface area (Å²) in [6, 6.07) is 3.50. The molecule has 0 aliphatic rings. The zero-order chi connectivity index (χ0) is 10.8. The molecule has 6 heteroatoms. The maximum atomic E-state index is 11.5. The average Bonchev–Trinajstić information content (AvgIpc) is 2.53. The van der Waals surface area contributed by atoms with Gasteiger partial charge in [-0.15, -0.1) is 0 Å². The maximum Gasteiger partial charge on any atom is 0.345 e. The van der Waals surface area contributed by atoms with E-state index in [-0.39, 0.29) is 5.69 Å². The minimum Gasteiger partial charge on any atom is -0.285 e. The molecule has 0 aliphatic heterocycles. The molecule has 0 atom stereocenters. The molecule has 0 saturated carbocycles. The van der Waals surface area contributed by atoms with Crippen LogP contribution >= 0.6 is 11.6 Å². The predicted molar refractivity (Wildman–Crippen MR) is 55.8 cm³/mol. The fourth-order valence-electron chi connectivity index (χ4n) is 1.20. The molecule has 0 radical (unpaired) electrons. The minimum atomic E-state index is -0.148. The van der Waals surface area contributed by atoms with E-state index in [9.17, 15) is 4.79 Å². The Morgan fingerprint density at radius 1 is 1.47 bits per heavy atom. The molecule has 0 N–H and O–H groups in total. The molecule has 78 valence electrons. The fourth-order valence-corrected chi connectivity index (χ4v) is 1.31. The quantitative estimate of drug-likeness (QED) is 0.705. The Morgan fingerprint density at radius 3 is 2.80 bits per heavy atom. The number of rotatable bonds is 2. The normalized spacial score (nSPS) is 10.5. The zero-order valence-electron chi connectivity index (χ0n) is 8.09. The van der Waals surface area contributed by atoms with Gasteiger partial charge in [-0.3, -0.25) is 4.57 Å². The van der Waals surface area contributed by atoms with E-state index in [1.807, 2.05) is 6.07 Å². The fraction of sp³-hybridized carbons (Fsp3) is 0.222. The van der Waals surface area contributed by atoms with Crippen molar-refractivity contribution in [3.8, 4) is 0 Å². The lowest BCUT2D eigenvalue weighted by molar-refractivity contribution is 0.645. The van der Waals surface area contributed by atoms with Gasteiger partial charge in [0.15, 0.2) is 0 Å². The molecule has 0 amide bonds. The third-order valence-corrected chi connectivity index (χ3v) is 2.23. The van der Waals surface area contributed by atoms with Crippen LogP contribution in [0.1, 0.15) is 5.56 Å². The Bertz CT molecular complexity index is 514. The van der Waals surface area contributed by atoms with E-state index in [1.54, 1.807) is 19.3 Å². The van der Waals surface area contributed by atoms with Crippen molar-refractivity contribution in [2.75, 3.05) is 0 Å². The van der Waals surface area contributed by atoms with Crippen LogP contribution < -0.4 is 5.69 Å². The number of hydrogen-bond donors (Lipinski definition) is 0. The van der Waals surface area contributed by atoms with Gasteiger partial charge >= 0.3 is 5.69 Å². The second-order valence-electron chi connectivity index (χ2n) is 3.17. The molecule has 0 aliphatic carbocycles. The van der Waals surface area contributed by atoms with Crippen molar-refractivity contribution in [3.63, 3.8) is 0 Å². The summed E-state index contributed by atoms with van der Waals surface area (Å²) in [5.41, 5.74) is 0.741. The van der Waals surface area contributed by atoms with Crippen LogP contribution in [0.4, 0.5) is 0 Å². The summed E-state index contributed by atoms with van der Waals surface area (Å²) in [4.78, 5) is 15.4. The first kappa shape index (κ1) is 9.92. The third kappa shape index (κ3) is 2.07. The Kier molecular flexibility index (Phi) is 2.55. The lowest BCUT2D eigenvalue weighted by Gasteiger charge is -1.99. The van der Waals surface area contributed by atoms with Gasteiger partial charge in [-0.1, -0.05) is 17.7 Å². The monoisotopic (exact) mass is 224 g/mol. The maximum absolute atomic E-state index is 11.5. The molecule has 5 nitrogen and oxygen atoms in total. The van der Waals surface area contributed by atoms with Crippen LogP contribution in [-0.4, -0.2) is 19.3 Å². The van der Waals surface area contributed by atoms with Crippen LogP contribution in [0.15, 0.2) is 29.5 Å². The van der Waals surface area contributed by atoms with Gasteiger partial charge in [0, 0.05) is 13.2 Å². The minimum absolute atomic E-state index is 0.148. The standard InChI is InChI=1S/C9H9ClN4O/c1-13-6-12-14(9(13)15)5-7-2-3-8(10)11-4-7/h2-4,6H,5H2,1H3. The summed E-state index contributed by atoms with van der Waals surface area (Å²) in [5, 5.41) is 4.38. The smallest absolute Gasteiger partial charge is 0.285 e. The summed E-state index contributed by atoms with van der Waals surface area (Å²) in [6.07, 6.45) is 3.11. The van der Waals surface area contributed by atoms with Crippen LogP contribution in [0, 0.1) is 0 Å². The summed E-state index contributed by atoms with van der Waals surface area (Å²) < 4.78 is 2.79. The van der Waals surface area contributed by atoms with Gasteiger partial charge in [0.2, 0.25) is 0 Å². The van der Waals surface area contributed by atoms with Gasteiger partial charge in [0.1, 0.15) is 11.5 Å². The number of aryl methyl sites for hydroxylation is 1. The number of halogens is 1. The summed E-state index contributed by atoms with van der Waals surface area (Å²) in [6.45, 7) is 0.407. The van der Waals surface area contributed by atoms with E-state index in [1.165, 1.54) is 15.6 Å². The molecule has 0 aromatic carbocycles. The first-order valence-electron chi connectivity index (χ1n) is 4.35. The van der Waals surface area contributed by atoms with Gasteiger partial charge < -0.3 is 0 Å². The van der Waals surface area contributed by atoms with Crippen LogP contribution in [0.2, 0.25) is 5.15 Å². The van der Waals surface area contributed by atoms with Gasteiger partial charge in [-0.05, 0) is 11.6 Å². The van der Waals surface area contributed by atoms with Crippen molar-refractivity contribution in [2.45, 2.75) is 6.54 Å². The lowest BCUT2D eigenvalue weighted by Crippen LogP contribution is -2.23. The van der Waals surface area contributed by atoms with Crippen molar-refractivity contribution in [3.05, 3.63) is 45.9 Å². The highest BCUT2D eigenvalue weighted by atomic mass is 35.5. The van der Waals surface area contributed by atoms with Gasteiger partial charge in [-0.2, -0.15) is 5.10 Å². The van der Waals surface area contributed by atoms with E-state index in [4.69, 9.17) is 11.6 Å². The number of aromatic nitrogens is 4. The second-order valence-corrected chi connectivity index (χ2v) is 3.56. The second kappa shape index (κ2) is 3.86. The van der Waals surface area contributed by atoms with Gasteiger partial charge in [0.25, 0.3) is 0 Å². The van der Waals surface area contributed by atoms with Crippen molar-refractivity contribution in [1.82, 2.24) is 19.3 Å². The number of hydrogen-bond acceptors (Lipinski definition) is 3. The molecule has 0 bridgehead atoms. The van der Waals surface area contributed by atoms with Crippen molar-refractivity contribution < 1.29 is 0 Å². The largest absolute Gasteiger partial charge is 0.345 e. The van der Waals surface area contributed by atoms with Crippen LogP contribution in [0.3, 0.4) is 0 Å². The summed E-state index contributed by atoms with van der Waals surface area (Å²) in [7, 11) is 1.66. The zero-order valence-corrected chi connectivity index (χ0v) is 8.85. The third-order valence-electron chi connectivity index (χ3n) is 2.01. The molecular formula is C9H9ClN4O. The first-order valence-corrected chi connectivity index (χ1v) is 4.73. The number of nitrogens with zero attached hydrogens (tertiary/aromatic N) is 4. The highest BCUT2D eigenvalue weighted by Gasteiger charge is 2.02. The van der Waals surface area contributed by atoms with Crippen molar-refractivity contribution in [1.29, 1.82) is 0 Å². The molecule has 2 aromatic heterocycles. The van der Waals surface area contributed by atoms with E-state index in [0.29, 0.717) is 11.7 Å². The number of pyridine rings is 1. The topological polar surface area (TPSA) is 52.7 Å². The molecule has 15 heavy (non-hydrogen) atoms. The van der Waals surface area contributed by atoms with E-state index >= 15 is 0 Å². The lowest BCUT2D eigenvalue weighted by atomic mass is 10.3. The van der Waals surface area contributed by atoms with Crippen LogP contribution in [0.5, 0.6) is 0 Å². The van der Waals surface area contributed by atoms with E-state index < -0.39 is 0 Å². The Balaban J connectivity index is 2.26. The molecule has 2 aromatic rings. The molecule has 2 rings (SSSR count). The Hall–Kier alpha value is -1.62. The molecular weight excluding hydrogens is 216 g/mol. The summed E-state index contributed by atoms with van der Waals surface area (Å²) >= 11 is 5.65. The highest BCUT2D eigenvalue weighted by molar-refractivity contribution is 6.29.